The van der Waals surface area contributed by atoms with Gasteiger partial charge in [-0.2, -0.15) is 0 Å². The SMILES string of the molecule is NC(=O)[C@@H]1CCCCN1C(=O)COC(=O)/C=C/c1cccc(Oc2ccccc2)c1. The third-order valence-corrected chi connectivity index (χ3v) is 4.74. The number of amides is 2. The van der Waals surface area contributed by atoms with Crippen LogP contribution in [-0.4, -0.2) is 41.9 Å². The van der Waals surface area contributed by atoms with Gasteiger partial charge in [-0.25, -0.2) is 4.79 Å². The highest BCUT2D eigenvalue weighted by atomic mass is 16.5. The number of primary amides is 1. The maximum atomic E-state index is 12.3. The minimum absolute atomic E-state index is 0.418. The van der Waals surface area contributed by atoms with Crippen LogP contribution < -0.4 is 10.5 Å². The van der Waals surface area contributed by atoms with Crippen LogP contribution in [0.4, 0.5) is 0 Å². The van der Waals surface area contributed by atoms with Crippen molar-refractivity contribution in [2.45, 2.75) is 25.3 Å². The summed E-state index contributed by atoms with van der Waals surface area (Å²) in [5.41, 5.74) is 6.11. The summed E-state index contributed by atoms with van der Waals surface area (Å²) in [7, 11) is 0. The van der Waals surface area contributed by atoms with Crippen LogP contribution >= 0.6 is 0 Å². The van der Waals surface area contributed by atoms with Crippen LogP contribution in [0.3, 0.4) is 0 Å². The second kappa shape index (κ2) is 10.2. The molecular formula is C23H24N2O5. The number of likely N-dealkylation sites (tertiary alicyclic amines) is 1. The molecule has 2 aromatic carbocycles. The van der Waals surface area contributed by atoms with E-state index in [4.69, 9.17) is 15.2 Å². The normalized spacial score (nSPS) is 16.3. The number of hydrogen-bond acceptors (Lipinski definition) is 5. The lowest BCUT2D eigenvalue weighted by Gasteiger charge is -2.33. The molecule has 1 aliphatic rings. The van der Waals surface area contributed by atoms with E-state index in [0.29, 0.717) is 24.5 Å². The van der Waals surface area contributed by atoms with Gasteiger partial charge in [-0.3, -0.25) is 9.59 Å². The second-order valence-corrected chi connectivity index (χ2v) is 6.93. The Morgan fingerprint density at radius 2 is 1.80 bits per heavy atom. The molecule has 0 aromatic heterocycles. The van der Waals surface area contributed by atoms with E-state index in [1.165, 1.54) is 11.0 Å². The summed E-state index contributed by atoms with van der Waals surface area (Å²) in [5, 5.41) is 0. The number of nitrogens with two attached hydrogens (primary N) is 1. The number of carbonyl (C=O) groups excluding carboxylic acids is 3. The van der Waals surface area contributed by atoms with Gasteiger partial charge in [0.05, 0.1) is 0 Å². The van der Waals surface area contributed by atoms with Gasteiger partial charge in [0.1, 0.15) is 17.5 Å². The molecule has 0 aliphatic carbocycles. The first-order valence-electron chi connectivity index (χ1n) is 9.79. The third-order valence-electron chi connectivity index (χ3n) is 4.74. The highest BCUT2D eigenvalue weighted by molar-refractivity contribution is 5.91. The molecule has 7 heteroatoms. The lowest BCUT2D eigenvalue weighted by Crippen LogP contribution is -2.51. The standard InChI is InChI=1S/C23H24N2O5/c24-23(28)20-11-4-5-14-25(20)21(26)16-29-22(27)13-12-17-7-6-10-19(15-17)30-18-8-2-1-3-9-18/h1-3,6-10,12-13,15,20H,4-5,11,14,16H2,(H2,24,28)/b13-12+/t20-/m0/s1. The van der Waals surface area contributed by atoms with Crippen molar-refractivity contribution in [2.75, 3.05) is 13.2 Å². The predicted octanol–water partition coefficient (Wildman–Crippen LogP) is 2.90. The van der Waals surface area contributed by atoms with E-state index in [0.717, 1.165) is 18.4 Å². The Balaban J connectivity index is 1.52. The molecule has 0 radical (unpaired) electrons. The van der Waals surface area contributed by atoms with Crippen molar-refractivity contribution < 1.29 is 23.9 Å². The zero-order valence-corrected chi connectivity index (χ0v) is 16.5. The van der Waals surface area contributed by atoms with Crippen molar-refractivity contribution in [2.24, 2.45) is 5.73 Å². The molecule has 7 nitrogen and oxygen atoms in total. The van der Waals surface area contributed by atoms with Crippen molar-refractivity contribution in [1.29, 1.82) is 0 Å². The number of ether oxygens (including phenoxy) is 2. The van der Waals surface area contributed by atoms with Gasteiger partial charge < -0.3 is 20.1 Å². The molecule has 0 unspecified atom stereocenters. The lowest BCUT2D eigenvalue weighted by atomic mass is 10.0. The first-order chi connectivity index (χ1) is 14.5. The molecule has 1 aliphatic heterocycles. The Morgan fingerprint density at radius 3 is 2.57 bits per heavy atom. The number of nitrogens with zero attached hydrogens (tertiary/aromatic N) is 1. The zero-order chi connectivity index (χ0) is 21.3. The molecule has 1 saturated heterocycles. The molecule has 1 heterocycles. The predicted molar refractivity (Wildman–Crippen MR) is 111 cm³/mol. The van der Waals surface area contributed by atoms with Crippen LogP contribution in [0, 0.1) is 0 Å². The van der Waals surface area contributed by atoms with Gasteiger partial charge in [0.15, 0.2) is 6.61 Å². The molecule has 0 spiro atoms. The zero-order valence-electron chi connectivity index (χ0n) is 16.5. The minimum atomic E-state index is -0.648. The quantitative estimate of drug-likeness (QED) is 0.561. The average molecular weight is 408 g/mol. The molecular weight excluding hydrogens is 384 g/mol. The third kappa shape index (κ3) is 5.94. The molecule has 30 heavy (non-hydrogen) atoms. The Kier molecular flexibility index (Phi) is 7.21. The minimum Gasteiger partial charge on any atom is -0.457 e. The van der Waals surface area contributed by atoms with E-state index in [2.05, 4.69) is 0 Å². The van der Waals surface area contributed by atoms with Crippen LogP contribution in [-0.2, 0) is 19.1 Å². The second-order valence-electron chi connectivity index (χ2n) is 6.93. The summed E-state index contributed by atoms with van der Waals surface area (Å²) in [6, 6.07) is 16.0. The number of hydrogen-bond donors (Lipinski definition) is 1. The summed E-state index contributed by atoms with van der Waals surface area (Å²) in [6.45, 7) is 0.0121. The summed E-state index contributed by atoms with van der Waals surface area (Å²) in [5.74, 6) is -0.256. The monoisotopic (exact) mass is 408 g/mol. The van der Waals surface area contributed by atoms with Gasteiger partial charge in [-0.1, -0.05) is 30.3 Å². The van der Waals surface area contributed by atoms with E-state index in [1.807, 2.05) is 48.5 Å². The first-order valence-corrected chi connectivity index (χ1v) is 9.79. The van der Waals surface area contributed by atoms with Gasteiger partial charge >= 0.3 is 5.97 Å². The van der Waals surface area contributed by atoms with Crippen LogP contribution in [0.5, 0.6) is 11.5 Å². The van der Waals surface area contributed by atoms with Crippen molar-refractivity contribution in [3.8, 4) is 11.5 Å². The summed E-state index contributed by atoms with van der Waals surface area (Å²) in [6.07, 6.45) is 5.00. The molecule has 2 N–H and O–H groups in total. The summed E-state index contributed by atoms with van der Waals surface area (Å²) < 4.78 is 10.8. The maximum Gasteiger partial charge on any atom is 0.331 e. The Morgan fingerprint density at radius 1 is 1.03 bits per heavy atom. The van der Waals surface area contributed by atoms with Crippen LogP contribution in [0.2, 0.25) is 0 Å². The van der Waals surface area contributed by atoms with Crippen molar-refractivity contribution in [3.63, 3.8) is 0 Å². The Hall–Kier alpha value is -3.61. The number of benzene rings is 2. The van der Waals surface area contributed by atoms with Crippen LogP contribution in [0.15, 0.2) is 60.7 Å². The van der Waals surface area contributed by atoms with E-state index in [-0.39, 0.29) is 0 Å². The highest BCUT2D eigenvalue weighted by Gasteiger charge is 2.30. The van der Waals surface area contributed by atoms with Crippen molar-refractivity contribution in [3.05, 3.63) is 66.2 Å². The molecule has 1 atom stereocenters. The molecule has 2 aromatic rings. The molecule has 0 bridgehead atoms. The summed E-state index contributed by atoms with van der Waals surface area (Å²) >= 11 is 0. The first kappa shape index (κ1) is 21.1. The fourth-order valence-electron chi connectivity index (χ4n) is 3.26. The van der Waals surface area contributed by atoms with Crippen LogP contribution in [0.25, 0.3) is 6.08 Å². The van der Waals surface area contributed by atoms with E-state index in [9.17, 15) is 14.4 Å². The Labute approximate surface area is 175 Å². The van der Waals surface area contributed by atoms with E-state index >= 15 is 0 Å². The highest BCUT2D eigenvalue weighted by Crippen LogP contribution is 2.22. The lowest BCUT2D eigenvalue weighted by molar-refractivity contribution is -0.151. The molecule has 0 saturated carbocycles. The molecule has 2 amide bonds. The number of rotatable bonds is 7. The number of carbonyl (C=O) groups is 3. The number of esters is 1. The maximum absolute atomic E-state index is 12.3. The largest absolute Gasteiger partial charge is 0.457 e. The molecule has 156 valence electrons. The van der Waals surface area contributed by atoms with Gasteiger partial charge in [0, 0.05) is 12.6 Å². The molecule has 3 rings (SSSR count). The Bertz CT molecular complexity index is 926. The van der Waals surface area contributed by atoms with Gasteiger partial charge in [0.25, 0.3) is 5.91 Å². The number of piperidine rings is 1. The number of para-hydroxylation sites is 1. The fourth-order valence-corrected chi connectivity index (χ4v) is 3.26. The fraction of sp³-hybridized carbons (Fsp3) is 0.261. The van der Waals surface area contributed by atoms with E-state index in [1.54, 1.807) is 12.1 Å². The van der Waals surface area contributed by atoms with Crippen molar-refractivity contribution in [1.82, 2.24) is 4.90 Å². The van der Waals surface area contributed by atoms with Gasteiger partial charge in [0.2, 0.25) is 5.91 Å². The van der Waals surface area contributed by atoms with Gasteiger partial charge in [-0.15, -0.1) is 0 Å². The van der Waals surface area contributed by atoms with Crippen molar-refractivity contribution >= 4 is 23.9 Å². The van der Waals surface area contributed by atoms with E-state index < -0.39 is 30.4 Å². The summed E-state index contributed by atoms with van der Waals surface area (Å²) in [4.78, 5) is 37.2. The van der Waals surface area contributed by atoms with Crippen LogP contribution in [0.1, 0.15) is 24.8 Å². The van der Waals surface area contributed by atoms with Gasteiger partial charge in [-0.05, 0) is 55.2 Å². The average Bonchev–Trinajstić information content (AvgIpc) is 2.77. The molecule has 1 fully saturated rings. The topological polar surface area (TPSA) is 98.9 Å². The smallest absolute Gasteiger partial charge is 0.331 e.